The summed E-state index contributed by atoms with van der Waals surface area (Å²) in [6.45, 7) is 0.198. The lowest BCUT2D eigenvalue weighted by Crippen LogP contribution is -2.48. The smallest absolute Gasteiger partial charge is 0.381 e. The predicted molar refractivity (Wildman–Crippen MR) is 67.4 cm³/mol. The van der Waals surface area contributed by atoms with E-state index >= 15 is 0 Å². The summed E-state index contributed by atoms with van der Waals surface area (Å²) in [7, 11) is 0. The Bertz CT molecular complexity index is 515. The Hall–Kier alpha value is -0.850. The van der Waals surface area contributed by atoms with Crippen LogP contribution in [0.5, 0.6) is 0 Å². The number of fused-ring (bicyclic) bond motifs is 2. The fraction of sp³-hybridized carbons (Fsp3) is 0.615. The van der Waals surface area contributed by atoms with Gasteiger partial charge in [0.1, 0.15) is 5.15 Å². The Kier molecular flexibility index (Phi) is 3.43. The molecule has 1 spiro atoms. The fourth-order valence-electron chi connectivity index (χ4n) is 3.24. The molecule has 0 amide bonds. The van der Waals surface area contributed by atoms with Crippen LogP contribution in [0.3, 0.4) is 0 Å². The van der Waals surface area contributed by atoms with Crippen LogP contribution in [0.15, 0.2) is 12.1 Å². The van der Waals surface area contributed by atoms with E-state index in [1.54, 1.807) is 6.07 Å². The van der Waals surface area contributed by atoms with Gasteiger partial charge in [0.25, 0.3) is 0 Å². The van der Waals surface area contributed by atoms with Gasteiger partial charge in [-0.25, -0.2) is 4.98 Å². The van der Waals surface area contributed by atoms with Crippen LogP contribution in [0.4, 0.5) is 13.2 Å². The summed E-state index contributed by atoms with van der Waals surface area (Å²) >= 11 is 5.85. The standard InChI is InChI=1S/C13H14ClF3N2O/c14-11-2-1-9-10(18-11)7-19(8-13(15,16)17)12(9)3-5-20-6-4-12/h1-2H,3-8H2. The van der Waals surface area contributed by atoms with Gasteiger partial charge < -0.3 is 4.74 Å². The first kappa shape index (κ1) is 14.1. The molecule has 0 N–H and O–H groups in total. The molecule has 1 aromatic heterocycles. The maximum Gasteiger partial charge on any atom is 0.401 e. The molecule has 3 rings (SSSR count). The highest BCUT2D eigenvalue weighted by molar-refractivity contribution is 6.29. The summed E-state index contributed by atoms with van der Waals surface area (Å²) in [5.74, 6) is 0. The molecule has 2 aliphatic heterocycles. The monoisotopic (exact) mass is 306 g/mol. The van der Waals surface area contributed by atoms with Crippen LogP contribution in [0.1, 0.15) is 24.1 Å². The molecule has 1 saturated heterocycles. The second-order valence-electron chi connectivity index (χ2n) is 5.24. The number of aromatic nitrogens is 1. The quantitative estimate of drug-likeness (QED) is 0.746. The Balaban J connectivity index is 2.00. The van der Waals surface area contributed by atoms with E-state index in [1.807, 2.05) is 6.07 Å². The number of hydrogen-bond acceptors (Lipinski definition) is 3. The van der Waals surface area contributed by atoms with Gasteiger partial charge in [0, 0.05) is 19.8 Å². The Morgan fingerprint density at radius 3 is 2.65 bits per heavy atom. The maximum absolute atomic E-state index is 12.8. The highest BCUT2D eigenvalue weighted by atomic mass is 35.5. The van der Waals surface area contributed by atoms with E-state index in [9.17, 15) is 13.2 Å². The van der Waals surface area contributed by atoms with Gasteiger partial charge in [0.15, 0.2) is 0 Å². The van der Waals surface area contributed by atoms with Crippen LogP contribution in [-0.2, 0) is 16.8 Å². The lowest BCUT2D eigenvalue weighted by Gasteiger charge is -2.42. The molecule has 0 unspecified atom stereocenters. The van der Waals surface area contributed by atoms with Crippen molar-refractivity contribution in [3.63, 3.8) is 0 Å². The Morgan fingerprint density at radius 2 is 2.00 bits per heavy atom. The van der Waals surface area contributed by atoms with E-state index in [0.717, 1.165) is 5.56 Å². The third-order valence-corrected chi connectivity index (χ3v) is 4.29. The molecule has 0 saturated carbocycles. The van der Waals surface area contributed by atoms with Gasteiger partial charge in [-0.3, -0.25) is 4.90 Å². The van der Waals surface area contributed by atoms with Crippen molar-refractivity contribution in [3.05, 3.63) is 28.5 Å². The van der Waals surface area contributed by atoms with Crippen LogP contribution in [0.2, 0.25) is 5.15 Å². The minimum Gasteiger partial charge on any atom is -0.381 e. The summed E-state index contributed by atoms with van der Waals surface area (Å²) in [5.41, 5.74) is 0.916. The topological polar surface area (TPSA) is 25.4 Å². The van der Waals surface area contributed by atoms with Crippen molar-refractivity contribution in [2.75, 3.05) is 19.8 Å². The van der Waals surface area contributed by atoms with Gasteiger partial charge in [-0.2, -0.15) is 13.2 Å². The van der Waals surface area contributed by atoms with Crippen molar-refractivity contribution >= 4 is 11.6 Å². The number of hydrogen-bond donors (Lipinski definition) is 0. The molecule has 0 aliphatic carbocycles. The van der Waals surface area contributed by atoms with Crippen molar-refractivity contribution in [1.82, 2.24) is 9.88 Å². The maximum atomic E-state index is 12.8. The highest BCUT2D eigenvalue weighted by Gasteiger charge is 2.50. The first-order chi connectivity index (χ1) is 9.41. The molecule has 110 valence electrons. The van der Waals surface area contributed by atoms with E-state index in [-0.39, 0.29) is 6.54 Å². The van der Waals surface area contributed by atoms with E-state index < -0.39 is 18.3 Å². The molecule has 3 nitrogen and oxygen atoms in total. The number of halogens is 4. The van der Waals surface area contributed by atoms with Crippen molar-refractivity contribution in [2.24, 2.45) is 0 Å². The summed E-state index contributed by atoms with van der Waals surface area (Å²) in [6, 6.07) is 3.46. The number of pyridine rings is 1. The largest absolute Gasteiger partial charge is 0.401 e. The SMILES string of the molecule is FC(F)(F)CN1Cc2nc(Cl)ccc2C12CCOCC2. The Labute approximate surface area is 119 Å². The van der Waals surface area contributed by atoms with E-state index in [2.05, 4.69) is 4.98 Å². The zero-order chi connectivity index (χ0) is 14.4. The second-order valence-corrected chi connectivity index (χ2v) is 5.63. The third-order valence-electron chi connectivity index (χ3n) is 4.08. The van der Waals surface area contributed by atoms with Crippen LogP contribution in [0.25, 0.3) is 0 Å². The Morgan fingerprint density at radius 1 is 1.30 bits per heavy atom. The van der Waals surface area contributed by atoms with Gasteiger partial charge >= 0.3 is 6.18 Å². The minimum atomic E-state index is -4.23. The summed E-state index contributed by atoms with van der Waals surface area (Å²) < 4.78 is 43.8. The lowest BCUT2D eigenvalue weighted by molar-refractivity contribution is -0.167. The van der Waals surface area contributed by atoms with Gasteiger partial charge in [0.2, 0.25) is 0 Å². The zero-order valence-corrected chi connectivity index (χ0v) is 11.5. The molecule has 2 aliphatic rings. The van der Waals surface area contributed by atoms with Crippen molar-refractivity contribution < 1.29 is 17.9 Å². The summed E-state index contributed by atoms with van der Waals surface area (Å²) in [6.07, 6.45) is -3.12. The second kappa shape index (κ2) is 4.86. The molecule has 7 heteroatoms. The molecule has 0 bridgehead atoms. The number of rotatable bonds is 1. The average Bonchev–Trinajstić information content (AvgIpc) is 2.62. The lowest BCUT2D eigenvalue weighted by atomic mass is 9.83. The first-order valence-electron chi connectivity index (χ1n) is 6.46. The van der Waals surface area contributed by atoms with Crippen LogP contribution in [0, 0.1) is 0 Å². The first-order valence-corrected chi connectivity index (χ1v) is 6.84. The van der Waals surface area contributed by atoms with Crippen molar-refractivity contribution in [2.45, 2.75) is 31.1 Å². The molecule has 0 atom stereocenters. The number of nitrogens with zero attached hydrogens (tertiary/aromatic N) is 2. The van der Waals surface area contributed by atoms with Crippen LogP contribution >= 0.6 is 11.6 Å². The molecule has 0 radical (unpaired) electrons. The molecular weight excluding hydrogens is 293 g/mol. The van der Waals surface area contributed by atoms with E-state index in [4.69, 9.17) is 16.3 Å². The van der Waals surface area contributed by atoms with Crippen LogP contribution < -0.4 is 0 Å². The normalized spacial score (nSPS) is 22.2. The van der Waals surface area contributed by atoms with Crippen molar-refractivity contribution in [1.29, 1.82) is 0 Å². The van der Waals surface area contributed by atoms with Gasteiger partial charge in [0.05, 0.1) is 17.8 Å². The molecule has 1 aromatic rings. The third kappa shape index (κ3) is 2.40. The molecule has 1 fully saturated rings. The highest BCUT2D eigenvalue weighted by Crippen LogP contribution is 2.46. The van der Waals surface area contributed by atoms with Crippen LogP contribution in [-0.4, -0.2) is 35.8 Å². The van der Waals surface area contributed by atoms with Crippen molar-refractivity contribution in [3.8, 4) is 0 Å². The molecule has 20 heavy (non-hydrogen) atoms. The zero-order valence-electron chi connectivity index (χ0n) is 10.7. The number of ether oxygens (including phenoxy) is 1. The van der Waals surface area contributed by atoms with Gasteiger partial charge in [-0.1, -0.05) is 17.7 Å². The van der Waals surface area contributed by atoms with Gasteiger partial charge in [-0.05, 0) is 24.5 Å². The summed E-state index contributed by atoms with van der Waals surface area (Å²) in [4.78, 5) is 5.67. The van der Waals surface area contributed by atoms with E-state index in [0.29, 0.717) is 36.9 Å². The molecular formula is C13H14ClF3N2O. The molecule has 0 aromatic carbocycles. The summed E-state index contributed by atoms with van der Waals surface area (Å²) in [5, 5.41) is 0.319. The minimum absolute atomic E-state index is 0.190. The van der Waals surface area contributed by atoms with E-state index in [1.165, 1.54) is 4.90 Å². The predicted octanol–water partition coefficient (Wildman–Crippen LogP) is 3.12. The molecule has 3 heterocycles. The number of alkyl halides is 3. The van der Waals surface area contributed by atoms with Gasteiger partial charge in [-0.15, -0.1) is 0 Å². The average molecular weight is 307 g/mol. The fourth-order valence-corrected chi connectivity index (χ4v) is 3.40.